The van der Waals surface area contributed by atoms with Crippen molar-refractivity contribution in [2.24, 2.45) is 4.99 Å². The zero-order valence-corrected chi connectivity index (χ0v) is 17.9. The Balaban J connectivity index is 1.76. The van der Waals surface area contributed by atoms with Gasteiger partial charge in [-0.3, -0.25) is 9.69 Å². The number of rotatable bonds is 5. The van der Waals surface area contributed by atoms with Gasteiger partial charge in [-0.1, -0.05) is 36.0 Å². The topological polar surface area (TPSA) is 45.1 Å². The maximum Gasteiger partial charge on any atom is 0.269 e. The summed E-state index contributed by atoms with van der Waals surface area (Å²) in [6.45, 7) is 7.06. The minimum atomic E-state index is -0.0368. The van der Waals surface area contributed by atoms with E-state index in [1.807, 2.05) is 48.5 Å². The Labute approximate surface area is 179 Å². The lowest BCUT2D eigenvalue weighted by Crippen LogP contribution is -2.30. The highest BCUT2D eigenvalue weighted by molar-refractivity contribution is 8.19. The molecular formula is C22H21N3O2S2. The fourth-order valence-corrected chi connectivity index (χ4v) is 5.58. The number of para-hydroxylation sites is 1. The molecule has 2 aliphatic heterocycles. The first kappa shape index (κ1) is 19.7. The maximum absolute atomic E-state index is 13.3. The molecule has 1 saturated heterocycles. The van der Waals surface area contributed by atoms with Gasteiger partial charge >= 0.3 is 0 Å². The van der Waals surface area contributed by atoms with E-state index in [-0.39, 0.29) is 5.91 Å². The van der Waals surface area contributed by atoms with Gasteiger partial charge in [0, 0.05) is 24.1 Å². The van der Waals surface area contributed by atoms with Crippen LogP contribution in [0.3, 0.4) is 0 Å². The van der Waals surface area contributed by atoms with Gasteiger partial charge in [-0.05, 0) is 43.0 Å². The van der Waals surface area contributed by atoms with Crippen molar-refractivity contribution in [2.45, 2.75) is 11.8 Å². The van der Waals surface area contributed by atoms with Gasteiger partial charge in [-0.25, -0.2) is 4.99 Å². The van der Waals surface area contributed by atoms with Crippen molar-refractivity contribution in [2.75, 3.05) is 25.1 Å². The summed E-state index contributed by atoms with van der Waals surface area (Å²) in [4.78, 5) is 23.7. The van der Waals surface area contributed by atoms with Crippen molar-refractivity contribution in [1.82, 2.24) is 4.90 Å². The van der Waals surface area contributed by atoms with Crippen molar-refractivity contribution in [3.63, 3.8) is 0 Å². The molecule has 29 heavy (non-hydrogen) atoms. The minimum Gasteiger partial charge on any atom is -0.497 e. The zero-order chi connectivity index (χ0) is 20.4. The number of hydrogen-bond donors (Lipinski definition) is 0. The lowest BCUT2D eigenvalue weighted by molar-refractivity contribution is -0.121. The highest BCUT2D eigenvalue weighted by atomic mass is 32.2. The van der Waals surface area contributed by atoms with Crippen molar-refractivity contribution in [3.8, 4) is 5.75 Å². The molecule has 0 saturated carbocycles. The fraction of sp³-hybridized carbons (Fsp3) is 0.182. The molecule has 0 radical (unpaired) electrons. The van der Waals surface area contributed by atoms with Crippen LogP contribution in [0.1, 0.15) is 6.92 Å². The molecule has 2 aliphatic rings. The van der Waals surface area contributed by atoms with Gasteiger partial charge in [0.25, 0.3) is 5.91 Å². The van der Waals surface area contributed by atoms with Gasteiger partial charge in [-0.15, -0.1) is 6.58 Å². The molecule has 1 amide bonds. The van der Waals surface area contributed by atoms with Crippen molar-refractivity contribution in [3.05, 3.63) is 71.1 Å². The van der Waals surface area contributed by atoms with Crippen LogP contribution in [0.4, 0.5) is 11.4 Å². The first-order chi connectivity index (χ1) is 14.2. The molecule has 0 atom stereocenters. The zero-order valence-electron chi connectivity index (χ0n) is 16.3. The van der Waals surface area contributed by atoms with Crippen LogP contribution in [0.15, 0.2) is 81.0 Å². The second-order valence-electron chi connectivity index (χ2n) is 6.35. The average Bonchev–Trinajstić information content (AvgIpc) is 3.26. The molecule has 0 N–H and O–H groups in total. The molecule has 0 bridgehead atoms. The van der Waals surface area contributed by atoms with E-state index in [9.17, 15) is 4.79 Å². The number of benzene rings is 2. The van der Waals surface area contributed by atoms with Crippen LogP contribution in [0.25, 0.3) is 0 Å². The average molecular weight is 424 g/mol. The van der Waals surface area contributed by atoms with Gasteiger partial charge in [0.1, 0.15) is 15.7 Å². The molecule has 1 fully saturated rings. The number of thioether (sulfide) groups is 2. The number of methoxy groups -OCH3 is 1. The van der Waals surface area contributed by atoms with Gasteiger partial charge in [0.15, 0.2) is 5.17 Å². The largest absolute Gasteiger partial charge is 0.497 e. The first-order valence-electron chi connectivity index (χ1n) is 9.28. The smallest absolute Gasteiger partial charge is 0.269 e. The number of ether oxygens (including phenoxy) is 1. The number of fused-ring (bicyclic) bond motifs is 1. The van der Waals surface area contributed by atoms with E-state index in [0.29, 0.717) is 16.6 Å². The molecule has 5 nitrogen and oxygen atoms in total. The quantitative estimate of drug-likeness (QED) is 0.486. The van der Waals surface area contributed by atoms with Crippen LogP contribution in [-0.4, -0.2) is 36.2 Å². The molecule has 2 heterocycles. The van der Waals surface area contributed by atoms with Crippen LogP contribution in [-0.2, 0) is 4.79 Å². The van der Waals surface area contributed by atoms with Crippen LogP contribution in [0, 0.1) is 0 Å². The Morgan fingerprint density at radius 3 is 2.62 bits per heavy atom. The standard InChI is InChI=1S/C22H21N3O2S2/c1-4-13-25-20(26)19(29-22(25)23-15-9-7-6-8-10-15)21-24(5-2)17-14-16(27-3)11-12-18(17)28-21/h4,6-12,14H,1,5,13H2,2-3H3/b21-19+,23-22?. The molecule has 7 heteroatoms. The number of carbonyl (C=O) groups is 1. The first-order valence-corrected chi connectivity index (χ1v) is 10.9. The van der Waals surface area contributed by atoms with Crippen molar-refractivity contribution in [1.29, 1.82) is 0 Å². The van der Waals surface area contributed by atoms with Gasteiger partial charge < -0.3 is 9.64 Å². The number of nitrogens with zero attached hydrogens (tertiary/aromatic N) is 3. The van der Waals surface area contributed by atoms with Gasteiger partial charge in [-0.2, -0.15) is 0 Å². The summed E-state index contributed by atoms with van der Waals surface area (Å²) in [6, 6.07) is 15.7. The second-order valence-corrected chi connectivity index (χ2v) is 8.36. The molecule has 0 aromatic heterocycles. The molecule has 2 aromatic rings. The Bertz CT molecular complexity index is 1020. The maximum atomic E-state index is 13.3. The third kappa shape index (κ3) is 3.68. The number of amidine groups is 1. The van der Waals surface area contributed by atoms with Crippen molar-refractivity contribution < 1.29 is 9.53 Å². The Hall–Kier alpha value is -2.64. The molecule has 148 valence electrons. The lowest BCUT2D eigenvalue weighted by Gasteiger charge is -2.19. The monoisotopic (exact) mass is 423 g/mol. The normalized spacial score (nSPS) is 19.8. The molecule has 0 aliphatic carbocycles. The van der Waals surface area contributed by atoms with Crippen LogP contribution >= 0.6 is 23.5 Å². The van der Waals surface area contributed by atoms with Gasteiger partial charge in [0.05, 0.1) is 18.5 Å². The number of carbonyl (C=O) groups excluding carboxylic acids is 1. The summed E-state index contributed by atoms with van der Waals surface area (Å²) in [5, 5.41) is 1.62. The van der Waals surface area contributed by atoms with E-state index >= 15 is 0 Å². The summed E-state index contributed by atoms with van der Waals surface area (Å²) < 4.78 is 5.38. The summed E-state index contributed by atoms with van der Waals surface area (Å²) >= 11 is 3.04. The third-order valence-corrected chi connectivity index (χ3v) is 6.95. The van der Waals surface area contributed by atoms with Crippen molar-refractivity contribution >= 4 is 46.0 Å². The Kier molecular flexibility index (Phi) is 5.69. The van der Waals surface area contributed by atoms with Crippen LogP contribution in [0.5, 0.6) is 5.75 Å². The fourth-order valence-electron chi connectivity index (χ4n) is 3.19. The van der Waals surface area contributed by atoms with E-state index in [1.165, 1.54) is 11.8 Å². The predicted molar refractivity (Wildman–Crippen MR) is 122 cm³/mol. The summed E-state index contributed by atoms with van der Waals surface area (Å²) in [5.74, 6) is 0.768. The Morgan fingerprint density at radius 2 is 1.93 bits per heavy atom. The summed E-state index contributed by atoms with van der Waals surface area (Å²) in [7, 11) is 1.66. The number of hydrogen-bond acceptors (Lipinski definition) is 6. The highest BCUT2D eigenvalue weighted by Gasteiger charge is 2.39. The van der Waals surface area contributed by atoms with E-state index in [4.69, 9.17) is 9.73 Å². The van der Waals surface area contributed by atoms with Gasteiger partial charge in [0.2, 0.25) is 0 Å². The Morgan fingerprint density at radius 1 is 1.14 bits per heavy atom. The number of anilines is 1. The SMILES string of the molecule is C=CCN1C(=O)/C(=C2\Sc3ccc(OC)cc3N2CC)SC1=Nc1ccccc1. The molecule has 0 unspecified atom stereocenters. The predicted octanol–water partition coefficient (Wildman–Crippen LogP) is 5.25. The van der Waals surface area contributed by atoms with E-state index in [2.05, 4.69) is 18.4 Å². The minimum absolute atomic E-state index is 0.0368. The molecular weight excluding hydrogens is 402 g/mol. The summed E-state index contributed by atoms with van der Waals surface area (Å²) in [6.07, 6.45) is 1.73. The molecule has 0 spiro atoms. The van der Waals surface area contributed by atoms with Crippen LogP contribution in [0.2, 0.25) is 0 Å². The lowest BCUT2D eigenvalue weighted by atomic mass is 10.2. The highest BCUT2D eigenvalue weighted by Crippen LogP contribution is 2.51. The van der Waals surface area contributed by atoms with Crippen LogP contribution < -0.4 is 9.64 Å². The van der Waals surface area contributed by atoms with E-state index < -0.39 is 0 Å². The second kappa shape index (κ2) is 8.39. The number of amides is 1. The number of aliphatic imine (C=N–C) groups is 1. The molecule has 2 aromatic carbocycles. The van der Waals surface area contributed by atoms with E-state index in [1.54, 1.807) is 29.8 Å². The molecule has 4 rings (SSSR count). The third-order valence-electron chi connectivity index (χ3n) is 4.58. The summed E-state index contributed by atoms with van der Waals surface area (Å²) in [5.41, 5.74) is 1.89. The van der Waals surface area contributed by atoms with E-state index in [0.717, 1.165) is 33.6 Å².